The van der Waals surface area contributed by atoms with Gasteiger partial charge in [0.05, 0.1) is 11.4 Å². The average molecular weight is 242 g/mol. The molecule has 0 radical (unpaired) electrons. The summed E-state index contributed by atoms with van der Waals surface area (Å²) in [6.45, 7) is 2.15. The number of aliphatic hydroxyl groups excluding tert-OH is 1. The molecule has 2 rings (SSSR count). The zero-order valence-corrected chi connectivity index (χ0v) is 10.5. The van der Waals surface area contributed by atoms with Crippen molar-refractivity contribution in [2.45, 2.75) is 13.3 Å². The van der Waals surface area contributed by atoms with Crippen LogP contribution in [0.4, 0.5) is 11.4 Å². The van der Waals surface area contributed by atoms with Crippen molar-refractivity contribution in [3.63, 3.8) is 0 Å². The highest BCUT2D eigenvalue weighted by atomic mass is 16.2. The number of aryl methyl sites for hydroxylation is 1. The molecule has 0 saturated carbocycles. The Hall–Kier alpha value is -2.00. The van der Waals surface area contributed by atoms with Gasteiger partial charge in [0.2, 0.25) is 0 Å². The van der Waals surface area contributed by atoms with E-state index in [0.29, 0.717) is 17.8 Å². The Morgan fingerprint density at radius 2 is 1.78 bits per heavy atom. The fourth-order valence-corrected chi connectivity index (χ4v) is 2.11. The van der Waals surface area contributed by atoms with E-state index in [1.807, 2.05) is 43.3 Å². The molecule has 0 spiro atoms. The summed E-state index contributed by atoms with van der Waals surface area (Å²) in [5, 5.41) is 9.02. The summed E-state index contributed by atoms with van der Waals surface area (Å²) in [7, 11) is 0. The molecule has 94 valence electrons. The fraction of sp³-hybridized carbons (Fsp3) is 0.200. The van der Waals surface area contributed by atoms with Gasteiger partial charge in [-0.2, -0.15) is 0 Å². The third kappa shape index (κ3) is 2.31. The number of hydrogen-bond donors (Lipinski definition) is 3. The number of anilines is 2. The largest absolute Gasteiger partial charge is 0.397 e. The maximum Gasteiger partial charge on any atom is 0.0627 e. The molecule has 18 heavy (non-hydrogen) atoms. The first-order valence-electron chi connectivity index (χ1n) is 5.98. The van der Waals surface area contributed by atoms with Crippen LogP contribution in [0.25, 0.3) is 11.1 Å². The molecule has 3 nitrogen and oxygen atoms in total. The summed E-state index contributed by atoms with van der Waals surface area (Å²) in [6, 6.07) is 11.9. The van der Waals surface area contributed by atoms with E-state index in [4.69, 9.17) is 16.6 Å². The van der Waals surface area contributed by atoms with Crippen LogP contribution >= 0.6 is 0 Å². The van der Waals surface area contributed by atoms with Gasteiger partial charge in [-0.3, -0.25) is 0 Å². The van der Waals surface area contributed by atoms with Gasteiger partial charge in [-0.15, -0.1) is 0 Å². The number of benzene rings is 2. The lowest BCUT2D eigenvalue weighted by atomic mass is 9.95. The van der Waals surface area contributed by atoms with Gasteiger partial charge >= 0.3 is 0 Å². The quantitative estimate of drug-likeness (QED) is 0.723. The van der Waals surface area contributed by atoms with Crippen LogP contribution < -0.4 is 11.5 Å². The predicted molar refractivity (Wildman–Crippen MR) is 76.2 cm³/mol. The van der Waals surface area contributed by atoms with Gasteiger partial charge in [0, 0.05) is 12.2 Å². The van der Waals surface area contributed by atoms with E-state index in [0.717, 1.165) is 22.3 Å². The lowest BCUT2D eigenvalue weighted by molar-refractivity contribution is 0.299. The van der Waals surface area contributed by atoms with Crippen molar-refractivity contribution in [2.75, 3.05) is 18.1 Å². The zero-order chi connectivity index (χ0) is 13.1. The highest BCUT2D eigenvalue weighted by Crippen LogP contribution is 2.33. The highest BCUT2D eigenvalue weighted by molar-refractivity contribution is 5.86. The fourth-order valence-electron chi connectivity index (χ4n) is 2.11. The minimum absolute atomic E-state index is 0.108. The topological polar surface area (TPSA) is 72.3 Å². The molecule has 0 saturated heterocycles. The Bertz CT molecular complexity index is 564. The Morgan fingerprint density at radius 1 is 1.06 bits per heavy atom. The first kappa shape index (κ1) is 12.5. The third-order valence-corrected chi connectivity index (χ3v) is 3.11. The molecular weight excluding hydrogens is 224 g/mol. The van der Waals surface area contributed by atoms with Crippen LogP contribution in [-0.2, 0) is 6.42 Å². The molecule has 0 aromatic heterocycles. The van der Waals surface area contributed by atoms with Gasteiger partial charge in [-0.05, 0) is 42.2 Å². The summed E-state index contributed by atoms with van der Waals surface area (Å²) in [4.78, 5) is 0. The van der Waals surface area contributed by atoms with Gasteiger partial charge in [0.25, 0.3) is 0 Å². The Kier molecular flexibility index (Phi) is 3.53. The first-order valence-corrected chi connectivity index (χ1v) is 5.98. The first-order chi connectivity index (χ1) is 8.63. The average Bonchev–Trinajstić information content (AvgIpc) is 2.35. The molecule has 0 atom stereocenters. The van der Waals surface area contributed by atoms with Crippen molar-refractivity contribution < 1.29 is 5.11 Å². The number of hydrogen-bond acceptors (Lipinski definition) is 3. The minimum Gasteiger partial charge on any atom is -0.397 e. The summed E-state index contributed by atoms with van der Waals surface area (Å²) in [5.74, 6) is 0. The van der Waals surface area contributed by atoms with Crippen molar-refractivity contribution in [1.29, 1.82) is 0 Å². The van der Waals surface area contributed by atoms with Gasteiger partial charge in [-0.25, -0.2) is 0 Å². The molecule has 0 aliphatic carbocycles. The van der Waals surface area contributed by atoms with Gasteiger partial charge in [-0.1, -0.05) is 24.3 Å². The van der Waals surface area contributed by atoms with Crippen LogP contribution in [0.2, 0.25) is 0 Å². The normalized spacial score (nSPS) is 10.6. The lowest BCUT2D eigenvalue weighted by Crippen LogP contribution is -2.01. The molecule has 2 aromatic carbocycles. The lowest BCUT2D eigenvalue weighted by Gasteiger charge is -2.13. The summed E-state index contributed by atoms with van der Waals surface area (Å²) in [5.41, 5.74) is 17.4. The van der Waals surface area contributed by atoms with E-state index in [9.17, 15) is 0 Å². The standard InChI is InChI=1S/C15H18N2O/c1-10-4-2-3-5-12(10)13-8-11(6-7-18)9-14(16)15(13)17/h2-5,8-9,18H,6-7,16-17H2,1H3. The molecule has 5 N–H and O–H groups in total. The van der Waals surface area contributed by atoms with Crippen LogP contribution in [0.15, 0.2) is 36.4 Å². The number of nitrogens with two attached hydrogens (primary N) is 2. The molecule has 3 heteroatoms. The van der Waals surface area contributed by atoms with E-state index in [2.05, 4.69) is 0 Å². The van der Waals surface area contributed by atoms with Crippen molar-refractivity contribution in [1.82, 2.24) is 0 Å². The zero-order valence-electron chi connectivity index (χ0n) is 10.5. The van der Waals surface area contributed by atoms with Crippen molar-refractivity contribution in [3.05, 3.63) is 47.5 Å². The molecule has 0 aliphatic rings. The monoisotopic (exact) mass is 242 g/mol. The maximum atomic E-state index is 9.02. The minimum atomic E-state index is 0.108. The highest BCUT2D eigenvalue weighted by Gasteiger charge is 2.09. The molecule has 0 amide bonds. The molecular formula is C15H18N2O. The number of nitrogen functional groups attached to an aromatic ring is 2. The predicted octanol–water partition coefficient (Wildman–Crippen LogP) is 2.36. The number of rotatable bonds is 3. The smallest absolute Gasteiger partial charge is 0.0627 e. The van der Waals surface area contributed by atoms with Crippen molar-refractivity contribution >= 4 is 11.4 Å². The van der Waals surface area contributed by atoms with Crippen LogP contribution in [0.5, 0.6) is 0 Å². The van der Waals surface area contributed by atoms with Crippen molar-refractivity contribution in [2.24, 2.45) is 0 Å². The van der Waals surface area contributed by atoms with Crippen LogP contribution in [0, 0.1) is 6.92 Å². The summed E-state index contributed by atoms with van der Waals surface area (Å²) < 4.78 is 0. The summed E-state index contributed by atoms with van der Waals surface area (Å²) in [6.07, 6.45) is 0.587. The van der Waals surface area contributed by atoms with E-state index in [1.54, 1.807) is 0 Å². The second-order valence-corrected chi connectivity index (χ2v) is 4.43. The third-order valence-electron chi connectivity index (χ3n) is 3.11. The van der Waals surface area contributed by atoms with Gasteiger partial charge in [0.15, 0.2) is 0 Å². The SMILES string of the molecule is Cc1ccccc1-c1cc(CCO)cc(N)c1N. The maximum absolute atomic E-state index is 9.02. The van der Waals surface area contributed by atoms with Gasteiger partial charge in [0.1, 0.15) is 0 Å². The van der Waals surface area contributed by atoms with Gasteiger partial charge < -0.3 is 16.6 Å². The molecule has 0 unspecified atom stereocenters. The van der Waals surface area contributed by atoms with Crippen LogP contribution in [0.1, 0.15) is 11.1 Å². The number of aliphatic hydroxyl groups is 1. The Morgan fingerprint density at radius 3 is 2.44 bits per heavy atom. The van der Waals surface area contributed by atoms with Crippen molar-refractivity contribution in [3.8, 4) is 11.1 Å². The van der Waals surface area contributed by atoms with Crippen LogP contribution in [0.3, 0.4) is 0 Å². The Labute approximate surface area is 107 Å². The van der Waals surface area contributed by atoms with Crippen LogP contribution in [-0.4, -0.2) is 11.7 Å². The van der Waals surface area contributed by atoms with E-state index >= 15 is 0 Å². The molecule has 0 heterocycles. The van der Waals surface area contributed by atoms with E-state index < -0.39 is 0 Å². The molecule has 0 bridgehead atoms. The Balaban J connectivity index is 2.59. The van der Waals surface area contributed by atoms with E-state index in [-0.39, 0.29) is 6.61 Å². The molecule has 2 aromatic rings. The molecule has 0 aliphatic heterocycles. The summed E-state index contributed by atoms with van der Waals surface area (Å²) >= 11 is 0. The second-order valence-electron chi connectivity index (χ2n) is 4.43. The van der Waals surface area contributed by atoms with E-state index in [1.165, 1.54) is 0 Å². The molecule has 0 fully saturated rings. The second kappa shape index (κ2) is 5.10.